The minimum absolute atomic E-state index is 0.0480. The van der Waals surface area contributed by atoms with Crippen LogP contribution in [0.3, 0.4) is 0 Å². The molecule has 24 heavy (non-hydrogen) atoms. The van der Waals surface area contributed by atoms with E-state index in [0.29, 0.717) is 5.92 Å². The number of ether oxygens (including phenoxy) is 1. The summed E-state index contributed by atoms with van der Waals surface area (Å²) in [5, 5.41) is 0. The molecule has 0 heterocycles. The first-order chi connectivity index (χ1) is 11.2. The van der Waals surface area contributed by atoms with E-state index in [-0.39, 0.29) is 12.0 Å². The predicted molar refractivity (Wildman–Crippen MR) is 96.0 cm³/mol. The van der Waals surface area contributed by atoms with Crippen LogP contribution < -0.4 is 0 Å². The fourth-order valence-corrected chi connectivity index (χ4v) is 3.48. The first-order valence-electron chi connectivity index (χ1n) is 8.52. The zero-order valence-electron chi connectivity index (χ0n) is 15.0. The predicted octanol–water partition coefficient (Wildman–Crippen LogP) is 6.09. The first-order valence-corrected chi connectivity index (χ1v) is 8.52. The summed E-state index contributed by atoms with van der Waals surface area (Å²) in [4.78, 5) is 10.6. The van der Waals surface area contributed by atoms with Crippen LogP contribution in [0.1, 0.15) is 57.6 Å². The highest BCUT2D eigenvalue weighted by atomic mass is 19.1. The Morgan fingerprint density at radius 3 is 2.38 bits per heavy atom. The summed E-state index contributed by atoms with van der Waals surface area (Å²) < 4.78 is 17.2. The van der Waals surface area contributed by atoms with Crippen LogP contribution in [-0.2, 0) is 10.2 Å². The standard InChI is InChI=1S/C21H27FO2/c1-16(2)17-8-10-18(11-9-17)21(4)13-7-5-6-12-20(3,14-21)15-24-19(22)23/h6-13,16H,5,14-15H2,1-4H3. The highest BCUT2D eigenvalue weighted by Crippen LogP contribution is 2.41. The molecule has 0 N–H and O–H groups in total. The van der Waals surface area contributed by atoms with Crippen molar-refractivity contribution in [3.63, 3.8) is 0 Å². The summed E-state index contributed by atoms with van der Waals surface area (Å²) in [5.41, 5.74) is 1.93. The number of benzene rings is 1. The molecule has 1 aliphatic carbocycles. The molecule has 0 bridgehead atoms. The first kappa shape index (κ1) is 18.4. The minimum atomic E-state index is -1.72. The second kappa shape index (κ2) is 7.33. The highest BCUT2D eigenvalue weighted by molar-refractivity contribution is 5.58. The quantitative estimate of drug-likeness (QED) is 0.493. The van der Waals surface area contributed by atoms with Crippen LogP contribution in [0.4, 0.5) is 9.18 Å². The number of carbonyl (C=O) groups excluding carboxylic acids is 1. The SMILES string of the molecule is CC(C)c1ccc(C2(C)C=CCC=CC(C)(COC(=O)F)C2)cc1. The van der Waals surface area contributed by atoms with E-state index in [0.717, 1.165) is 12.8 Å². The van der Waals surface area contributed by atoms with Gasteiger partial charge in [0, 0.05) is 10.8 Å². The highest BCUT2D eigenvalue weighted by Gasteiger charge is 2.35. The van der Waals surface area contributed by atoms with Crippen molar-refractivity contribution >= 4 is 6.22 Å². The molecular formula is C21H27FO2. The van der Waals surface area contributed by atoms with Crippen molar-refractivity contribution in [3.8, 4) is 0 Å². The van der Waals surface area contributed by atoms with Crippen molar-refractivity contribution in [1.82, 2.24) is 0 Å². The van der Waals surface area contributed by atoms with Gasteiger partial charge in [-0.3, -0.25) is 0 Å². The molecule has 0 aromatic heterocycles. The van der Waals surface area contributed by atoms with Crippen molar-refractivity contribution in [2.24, 2.45) is 5.41 Å². The molecule has 130 valence electrons. The van der Waals surface area contributed by atoms with Gasteiger partial charge in [0.05, 0.1) is 0 Å². The van der Waals surface area contributed by atoms with Crippen molar-refractivity contribution in [2.45, 2.75) is 51.9 Å². The maximum Gasteiger partial charge on any atom is 0.495 e. The third-order valence-corrected chi connectivity index (χ3v) is 4.80. The topological polar surface area (TPSA) is 26.3 Å². The average Bonchev–Trinajstić information content (AvgIpc) is 2.51. The number of rotatable bonds is 4. The molecule has 1 aromatic rings. The maximum absolute atomic E-state index is 12.5. The number of hydrogen-bond donors (Lipinski definition) is 0. The Kier molecular flexibility index (Phi) is 5.63. The van der Waals surface area contributed by atoms with E-state index in [2.05, 4.69) is 61.9 Å². The normalized spacial score (nSPS) is 26.9. The van der Waals surface area contributed by atoms with Crippen LogP contribution >= 0.6 is 0 Å². The van der Waals surface area contributed by atoms with Crippen LogP contribution in [0.5, 0.6) is 0 Å². The molecule has 0 radical (unpaired) electrons. The van der Waals surface area contributed by atoms with Gasteiger partial charge in [-0.2, -0.15) is 0 Å². The van der Waals surface area contributed by atoms with E-state index in [1.165, 1.54) is 11.1 Å². The lowest BCUT2D eigenvalue weighted by Gasteiger charge is -2.37. The second-order valence-electron chi connectivity index (χ2n) is 7.59. The molecule has 0 amide bonds. The second-order valence-corrected chi connectivity index (χ2v) is 7.59. The fraction of sp³-hybridized carbons (Fsp3) is 0.476. The van der Waals surface area contributed by atoms with Gasteiger partial charge < -0.3 is 4.74 Å². The smallest absolute Gasteiger partial charge is 0.439 e. The van der Waals surface area contributed by atoms with Crippen LogP contribution in [0.15, 0.2) is 48.6 Å². The Hall–Kier alpha value is -1.90. The molecule has 0 spiro atoms. The van der Waals surface area contributed by atoms with Crippen molar-refractivity contribution in [2.75, 3.05) is 6.61 Å². The zero-order valence-corrected chi connectivity index (χ0v) is 15.0. The maximum atomic E-state index is 12.5. The Morgan fingerprint density at radius 1 is 1.17 bits per heavy atom. The van der Waals surface area contributed by atoms with Crippen LogP contribution in [0.2, 0.25) is 0 Å². The fourth-order valence-electron chi connectivity index (χ4n) is 3.48. The number of allylic oxidation sites excluding steroid dienone is 3. The van der Waals surface area contributed by atoms with Gasteiger partial charge in [-0.05, 0) is 29.9 Å². The van der Waals surface area contributed by atoms with Gasteiger partial charge in [0.2, 0.25) is 0 Å². The van der Waals surface area contributed by atoms with E-state index < -0.39 is 11.6 Å². The Labute approximate surface area is 144 Å². The summed E-state index contributed by atoms with van der Waals surface area (Å²) in [7, 11) is 0. The van der Waals surface area contributed by atoms with Crippen LogP contribution in [0, 0.1) is 5.41 Å². The summed E-state index contributed by atoms with van der Waals surface area (Å²) in [6.07, 6.45) is 8.30. The molecular weight excluding hydrogens is 303 g/mol. The van der Waals surface area contributed by atoms with E-state index in [9.17, 15) is 9.18 Å². The Morgan fingerprint density at radius 2 is 1.79 bits per heavy atom. The molecule has 2 rings (SSSR count). The lowest BCUT2D eigenvalue weighted by atomic mass is 9.68. The van der Waals surface area contributed by atoms with E-state index in [1.807, 2.05) is 19.1 Å². The van der Waals surface area contributed by atoms with Gasteiger partial charge in [0.1, 0.15) is 6.61 Å². The van der Waals surface area contributed by atoms with Gasteiger partial charge in [0.25, 0.3) is 0 Å². The minimum Gasteiger partial charge on any atom is -0.439 e. The summed E-state index contributed by atoms with van der Waals surface area (Å²) in [5.74, 6) is 0.497. The van der Waals surface area contributed by atoms with Crippen LogP contribution in [-0.4, -0.2) is 12.8 Å². The largest absolute Gasteiger partial charge is 0.495 e. The van der Waals surface area contributed by atoms with Gasteiger partial charge >= 0.3 is 6.22 Å². The molecule has 1 aliphatic rings. The molecule has 0 saturated carbocycles. The van der Waals surface area contributed by atoms with Gasteiger partial charge in [-0.15, -0.1) is 4.39 Å². The van der Waals surface area contributed by atoms with Crippen LogP contribution in [0.25, 0.3) is 0 Å². The third kappa shape index (κ3) is 4.56. The van der Waals surface area contributed by atoms with E-state index in [4.69, 9.17) is 0 Å². The molecule has 3 heteroatoms. The summed E-state index contributed by atoms with van der Waals surface area (Å²) in [6.45, 7) is 8.60. The Balaban J connectivity index is 2.30. The molecule has 0 aliphatic heterocycles. The van der Waals surface area contributed by atoms with Gasteiger partial charge in [-0.1, -0.05) is 76.3 Å². The van der Waals surface area contributed by atoms with Crippen molar-refractivity contribution in [3.05, 3.63) is 59.7 Å². The van der Waals surface area contributed by atoms with Gasteiger partial charge in [-0.25, -0.2) is 4.79 Å². The lowest BCUT2D eigenvalue weighted by Crippen LogP contribution is -2.33. The Bertz CT molecular complexity index is 630. The third-order valence-electron chi connectivity index (χ3n) is 4.80. The summed E-state index contributed by atoms with van der Waals surface area (Å²) in [6, 6.07) is 8.69. The van der Waals surface area contributed by atoms with Crippen molar-refractivity contribution in [1.29, 1.82) is 0 Å². The number of carbonyl (C=O) groups is 1. The van der Waals surface area contributed by atoms with E-state index >= 15 is 0 Å². The van der Waals surface area contributed by atoms with E-state index in [1.54, 1.807) is 0 Å². The lowest BCUT2D eigenvalue weighted by molar-refractivity contribution is 0.0801. The number of hydrogen-bond acceptors (Lipinski definition) is 2. The molecule has 0 fully saturated rings. The average molecular weight is 330 g/mol. The monoisotopic (exact) mass is 330 g/mol. The summed E-state index contributed by atoms with van der Waals surface area (Å²) >= 11 is 0. The van der Waals surface area contributed by atoms with Gasteiger partial charge in [0.15, 0.2) is 0 Å². The zero-order chi connectivity index (χ0) is 17.8. The molecule has 2 unspecified atom stereocenters. The molecule has 1 aromatic carbocycles. The molecule has 2 atom stereocenters. The molecule has 0 saturated heterocycles. The van der Waals surface area contributed by atoms with Crippen molar-refractivity contribution < 1.29 is 13.9 Å². The molecule has 2 nitrogen and oxygen atoms in total. The number of halogens is 1.